The molecule has 0 amide bonds. The summed E-state index contributed by atoms with van der Waals surface area (Å²) >= 11 is 0. The second-order valence-electron chi connectivity index (χ2n) is 5.16. The molecule has 0 radical (unpaired) electrons. The summed E-state index contributed by atoms with van der Waals surface area (Å²) in [6.07, 6.45) is 2.90. The number of ether oxygens (including phenoxy) is 1. The van der Waals surface area contributed by atoms with Crippen molar-refractivity contribution < 1.29 is 9.13 Å². The van der Waals surface area contributed by atoms with Gasteiger partial charge in [0.15, 0.2) is 0 Å². The van der Waals surface area contributed by atoms with Gasteiger partial charge in [0.2, 0.25) is 0 Å². The topological polar surface area (TPSA) is 37.4 Å². The summed E-state index contributed by atoms with van der Waals surface area (Å²) in [6, 6.07) is 3.08. The van der Waals surface area contributed by atoms with E-state index < -0.39 is 0 Å². The van der Waals surface area contributed by atoms with Gasteiger partial charge in [-0.05, 0) is 32.4 Å². The van der Waals surface area contributed by atoms with E-state index in [1.54, 1.807) is 6.07 Å². The molecule has 19 heavy (non-hydrogen) atoms. The molecule has 1 N–H and O–H groups in total. The molecule has 0 bridgehead atoms. The minimum absolute atomic E-state index is 0.304. The average Bonchev–Trinajstić information content (AvgIpc) is 2.36. The highest BCUT2D eigenvalue weighted by Crippen LogP contribution is 2.11. The number of nitrogens with zero attached hydrogens (tertiary/aromatic N) is 2. The lowest BCUT2D eigenvalue weighted by molar-refractivity contribution is -0.0678. The lowest BCUT2D eigenvalue weighted by atomic mass is 10.2. The summed E-state index contributed by atoms with van der Waals surface area (Å²) in [7, 11) is 0. The quantitative estimate of drug-likeness (QED) is 0.829. The van der Waals surface area contributed by atoms with Gasteiger partial charge in [-0.3, -0.25) is 4.90 Å². The second-order valence-corrected chi connectivity index (χ2v) is 5.16. The molecule has 0 aromatic carbocycles. The average molecular weight is 267 g/mol. The van der Waals surface area contributed by atoms with Crippen molar-refractivity contribution in [3.63, 3.8) is 0 Å². The first kappa shape index (κ1) is 14.2. The van der Waals surface area contributed by atoms with Crippen LogP contribution < -0.4 is 5.32 Å². The zero-order valence-electron chi connectivity index (χ0n) is 11.6. The first-order chi connectivity index (χ1) is 9.13. The van der Waals surface area contributed by atoms with Gasteiger partial charge < -0.3 is 10.1 Å². The fourth-order valence-corrected chi connectivity index (χ4v) is 2.47. The fraction of sp³-hybridized carbons (Fsp3) is 0.643. The molecule has 2 rings (SSSR count). The third kappa shape index (κ3) is 4.76. The van der Waals surface area contributed by atoms with Crippen molar-refractivity contribution in [3.05, 3.63) is 24.1 Å². The lowest BCUT2D eigenvalue weighted by Gasteiger charge is -2.35. The zero-order chi connectivity index (χ0) is 13.7. The van der Waals surface area contributed by atoms with Crippen molar-refractivity contribution in [2.75, 3.05) is 31.5 Å². The number of halogens is 1. The van der Waals surface area contributed by atoms with E-state index in [1.807, 2.05) is 0 Å². The van der Waals surface area contributed by atoms with Crippen LogP contribution in [0, 0.1) is 5.82 Å². The van der Waals surface area contributed by atoms with Gasteiger partial charge in [-0.2, -0.15) is 0 Å². The monoisotopic (exact) mass is 267 g/mol. The molecule has 5 heteroatoms. The summed E-state index contributed by atoms with van der Waals surface area (Å²) in [5.41, 5.74) is 0. The third-order valence-corrected chi connectivity index (χ3v) is 3.18. The number of hydrogen-bond acceptors (Lipinski definition) is 4. The molecular formula is C14H22FN3O. The Kier molecular flexibility index (Phi) is 5.10. The van der Waals surface area contributed by atoms with Crippen molar-refractivity contribution in [1.29, 1.82) is 0 Å². The van der Waals surface area contributed by atoms with Crippen molar-refractivity contribution >= 4 is 5.82 Å². The van der Waals surface area contributed by atoms with Crippen LogP contribution in [-0.4, -0.2) is 48.3 Å². The molecule has 2 heterocycles. The molecule has 0 unspecified atom stereocenters. The Labute approximate surface area is 114 Å². The summed E-state index contributed by atoms with van der Waals surface area (Å²) in [5, 5.41) is 3.20. The summed E-state index contributed by atoms with van der Waals surface area (Å²) in [4.78, 5) is 6.40. The maximum Gasteiger partial charge on any atom is 0.141 e. The Bertz CT molecular complexity index is 375. The second kappa shape index (κ2) is 6.82. The number of hydrogen-bond donors (Lipinski definition) is 1. The molecule has 1 aliphatic rings. The van der Waals surface area contributed by atoms with Crippen LogP contribution >= 0.6 is 0 Å². The van der Waals surface area contributed by atoms with Crippen LogP contribution in [0.25, 0.3) is 0 Å². The van der Waals surface area contributed by atoms with Crippen molar-refractivity contribution in [2.45, 2.75) is 32.5 Å². The number of nitrogens with one attached hydrogen (secondary N) is 1. The molecule has 1 fully saturated rings. The SMILES string of the molecule is C[C@H]1CN(CCCNc2ccc(F)cn2)C[C@H](C)O1. The highest BCUT2D eigenvalue weighted by Gasteiger charge is 2.21. The van der Waals surface area contributed by atoms with E-state index in [9.17, 15) is 4.39 Å². The fourth-order valence-electron chi connectivity index (χ4n) is 2.47. The van der Waals surface area contributed by atoms with Gasteiger partial charge in [0.1, 0.15) is 11.6 Å². The standard InChI is InChI=1S/C14H22FN3O/c1-11-9-18(10-12(2)19-11)7-3-6-16-14-5-4-13(15)8-17-14/h4-5,8,11-12H,3,6-7,9-10H2,1-2H3,(H,16,17)/t11-,12-/m0/s1. The molecule has 1 aromatic heterocycles. The first-order valence-electron chi connectivity index (χ1n) is 6.86. The number of pyridine rings is 1. The first-order valence-corrected chi connectivity index (χ1v) is 6.86. The molecular weight excluding hydrogens is 245 g/mol. The molecule has 0 saturated carbocycles. The van der Waals surface area contributed by atoms with Gasteiger partial charge in [0.25, 0.3) is 0 Å². The Hall–Kier alpha value is -1.20. The molecule has 2 atom stereocenters. The lowest BCUT2D eigenvalue weighted by Crippen LogP contribution is -2.45. The zero-order valence-corrected chi connectivity index (χ0v) is 11.6. The van der Waals surface area contributed by atoms with Crippen LogP contribution in [0.2, 0.25) is 0 Å². The molecule has 1 aliphatic heterocycles. The predicted molar refractivity (Wildman–Crippen MR) is 73.8 cm³/mol. The Morgan fingerprint density at radius 2 is 2.11 bits per heavy atom. The summed E-state index contributed by atoms with van der Waals surface area (Å²) < 4.78 is 18.4. The van der Waals surface area contributed by atoms with E-state index in [1.165, 1.54) is 12.3 Å². The van der Waals surface area contributed by atoms with E-state index in [0.29, 0.717) is 12.2 Å². The minimum atomic E-state index is -0.304. The highest BCUT2D eigenvalue weighted by molar-refractivity contribution is 5.33. The molecule has 0 spiro atoms. The third-order valence-electron chi connectivity index (χ3n) is 3.18. The van der Waals surface area contributed by atoms with E-state index >= 15 is 0 Å². The van der Waals surface area contributed by atoms with Crippen LogP contribution in [0.4, 0.5) is 10.2 Å². The van der Waals surface area contributed by atoms with Crippen LogP contribution in [-0.2, 0) is 4.74 Å². The highest BCUT2D eigenvalue weighted by atomic mass is 19.1. The van der Waals surface area contributed by atoms with Gasteiger partial charge in [-0.15, -0.1) is 0 Å². The Morgan fingerprint density at radius 3 is 2.74 bits per heavy atom. The normalized spacial score (nSPS) is 24.4. The van der Waals surface area contributed by atoms with Crippen LogP contribution in [0.15, 0.2) is 18.3 Å². The molecule has 1 saturated heterocycles. The molecule has 4 nitrogen and oxygen atoms in total. The maximum atomic E-state index is 12.7. The predicted octanol–water partition coefficient (Wildman–Crippen LogP) is 2.13. The van der Waals surface area contributed by atoms with Gasteiger partial charge in [0.05, 0.1) is 18.4 Å². The maximum absolute atomic E-state index is 12.7. The van der Waals surface area contributed by atoms with Crippen molar-refractivity contribution in [1.82, 2.24) is 9.88 Å². The summed E-state index contributed by atoms with van der Waals surface area (Å²) in [5.74, 6) is 0.423. The Morgan fingerprint density at radius 1 is 1.37 bits per heavy atom. The van der Waals surface area contributed by atoms with Crippen LogP contribution in [0.1, 0.15) is 20.3 Å². The van der Waals surface area contributed by atoms with E-state index in [-0.39, 0.29) is 5.82 Å². The van der Waals surface area contributed by atoms with Gasteiger partial charge in [-0.25, -0.2) is 9.37 Å². The van der Waals surface area contributed by atoms with E-state index in [4.69, 9.17) is 4.74 Å². The summed E-state index contributed by atoms with van der Waals surface area (Å²) in [6.45, 7) is 8.12. The smallest absolute Gasteiger partial charge is 0.141 e. The minimum Gasteiger partial charge on any atom is -0.373 e. The largest absolute Gasteiger partial charge is 0.373 e. The molecule has 106 valence electrons. The number of morpholine rings is 1. The molecule has 1 aromatic rings. The Balaban J connectivity index is 1.65. The molecule has 0 aliphatic carbocycles. The number of anilines is 1. The van der Waals surface area contributed by atoms with E-state index in [2.05, 4.69) is 29.0 Å². The number of rotatable bonds is 5. The van der Waals surface area contributed by atoms with Crippen molar-refractivity contribution in [3.8, 4) is 0 Å². The van der Waals surface area contributed by atoms with Gasteiger partial charge in [-0.1, -0.05) is 0 Å². The van der Waals surface area contributed by atoms with Crippen LogP contribution in [0.3, 0.4) is 0 Å². The van der Waals surface area contributed by atoms with Gasteiger partial charge >= 0.3 is 0 Å². The van der Waals surface area contributed by atoms with E-state index in [0.717, 1.165) is 38.4 Å². The van der Waals surface area contributed by atoms with Crippen molar-refractivity contribution in [2.24, 2.45) is 0 Å². The van der Waals surface area contributed by atoms with Crippen LogP contribution in [0.5, 0.6) is 0 Å². The van der Waals surface area contributed by atoms with Gasteiger partial charge in [0, 0.05) is 26.2 Å². The number of aromatic nitrogens is 1.